The molecule has 0 saturated heterocycles. The van der Waals surface area contributed by atoms with Crippen LogP contribution in [0.25, 0.3) is 0 Å². The second kappa shape index (κ2) is 2.64. The Bertz CT molecular complexity index is 87.1. The first-order valence-electron chi connectivity index (χ1n) is 3.29. The minimum atomic E-state index is -0.807. The summed E-state index contributed by atoms with van der Waals surface area (Å²) in [6.45, 7) is 0. The van der Waals surface area contributed by atoms with E-state index in [1.54, 1.807) is 0 Å². The van der Waals surface area contributed by atoms with Crippen LogP contribution in [0.3, 0.4) is 0 Å². The van der Waals surface area contributed by atoms with E-state index in [4.69, 9.17) is 15.9 Å². The highest BCUT2D eigenvalue weighted by molar-refractivity contribution is 4.82. The van der Waals surface area contributed by atoms with E-state index >= 15 is 0 Å². The molecular weight excluding hydrogens is 118 g/mol. The number of aliphatic hydroxyl groups is 2. The van der Waals surface area contributed by atoms with Gasteiger partial charge in [-0.1, -0.05) is 0 Å². The first-order chi connectivity index (χ1) is 4.22. The number of hydrogen-bond acceptors (Lipinski definition) is 2. The van der Waals surface area contributed by atoms with E-state index in [9.17, 15) is 0 Å². The molecule has 0 spiro atoms. The van der Waals surface area contributed by atoms with Gasteiger partial charge in [0.15, 0.2) is 0 Å². The molecule has 0 aromatic heterocycles. The molecule has 3 heteroatoms. The van der Waals surface area contributed by atoms with E-state index < -0.39 is 18.2 Å². The summed E-state index contributed by atoms with van der Waals surface area (Å²) in [4.78, 5) is 0. The van der Waals surface area contributed by atoms with Gasteiger partial charge in [-0.3, -0.25) is 5.73 Å². The van der Waals surface area contributed by atoms with Crippen LogP contribution in [0.5, 0.6) is 0 Å². The Balaban J connectivity index is 2.41. The lowest BCUT2D eigenvalue weighted by Gasteiger charge is -2.27. The number of rotatable bonds is 0. The number of hydrogen-bond donors (Lipinski definition) is 2. The minimum Gasteiger partial charge on any atom is -0.390 e. The Kier molecular flexibility index (Phi) is 2.05. The van der Waals surface area contributed by atoms with E-state index in [1.807, 2.05) is 0 Å². The largest absolute Gasteiger partial charge is 0.390 e. The molecule has 0 aliphatic heterocycles. The van der Waals surface area contributed by atoms with Crippen LogP contribution in [0.2, 0.25) is 0 Å². The van der Waals surface area contributed by atoms with Crippen molar-refractivity contribution in [2.75, 3.05) is 0 Å². The van der Waals surface area contributed by atoms with Gasteiger partial charge >= 0.3 is 0 Å². The van der Waals surface area contributed by atoms with Gasteiger partial charge < -0.3 is 10.2 Å². The summed E-state index contributed by atoms with van der Waals surface area (Å²) in [5.74, 6) is 0. The molecule has 1 radical (unpaired) electrons. The quantitative estimate of drug-likeness (QED) is 0.466. The molecule has 0 aromatic rings. The molecule has 1 saturated carbocycles. The zero-order valence-corrected chi connectivity index (χ0v) is 5.25. The zero-order valence-electron chi connectivity index (χ0n) is 5.25. The molecule has 3 atom stereocenters. The Hall–Kier alpha value is -0.120. The predicted octanol–water partition coefficient (Wildman–Crippen LogP) is -0.456. The van der Waals surface area contributed by atoms with Crippen molar-refractivity contribution >= 4 is 0 Å². The van der Waals surface area contributed by atoms with Crippen LogP contribution in [0, 0.1) is 0 Å². The van der Waals surface area contributed by atoms with Crippen LogP contribution in [-0.2, 0) is 0 Å². The average molecular weight is 130 g/mol. The molecule has 3 unspecified atom stereocenters. The van der Waals surface area contributed by atoms with Crippen LogP contribution in [0.1, 0.15) is 19.3 Å². The van der Waals surface area contributed by atoms with Crippen molar-refractivity contribution in [3.8, 4) is 0 Å². The van der Waals surface area contributed by atoms with Gasteiger partial charge in [-0.15, -0.1) is 0 Å². The van der Waals surface area contributed by atoms with Gasteiger partial charge in [-0.2, -0.15) is 0 Å². The molecule has 1 rings (SSSR count). The molecule has 3 nitrogen and oxygen atoms in total. The fourth-order valence-corrected chi connectivity index (χ4v) is 1.16. The normalized spacial score (nSPS) is 45.0. The Morgan fingerprint density at radius 3 is 2.33 bits per heavy atom. The van der Waals surface area contributed by atoms with Gasteiger partial charge in [-0.05, 0) is 19.3 Å². The number of nitrogens with one attached hydrogen (secondary N) is 1. The third kappa shape index (κ3) is 1.41. The molecule has 9 heavy (non-hydrogen) atoms. The maximum Gasteiger partial charge on any atom is 0.0965 e. The average Bonchev–Trinajstić information content (AvgIpc) is 1.83. The van der Waals surface area contributed by atoms with E-state index in [0.29, 0.717) is 6.42 Å². The fraction of sp³-hybridized carbons (Fsp3) is 1.00. The molecule has 1 aliphatic carbocycles. The predicted molar refractivity (Wildman–Crippen MR) is 32.7 cm³/mol. The third-order valence-corrected chi connectivity index (χ3v) is 1.82. The first kappa shape index (κ1) is 6.99. The maximum absolute atomic E-state index is 9.01. The molecule has 0 bridgehead atoms. The van der Waals surface area contributed by atoms with Crippen molar-refractivity contribution < 1.29 is 10.2 Å². The standard InChI is InChI=1S/C6H12NO2/c7-4-2-1-3-5(8)6(4)9/h4-9H,1-3H2. The summed E-state index contributed by atoms with van der Waals surface area (Å²) in [6, 6.07) is -0.464. The second-order valence-corrected chi connectivity index (χ2v) is 2.60. The van der Waals surface area contributed by atoms with Crippen LogP contribution >= 0.6 is 0 Å². The summed E-state index contributed by atoms with van der Waals surface area (Å²) in [5, 5.41) is 18.0. The maximum atomic E-state index is 9.01. The number of aliphatic hydroxyl groups excluding tert-OH is 2. The first-order valence-corrected chi connectivity index (χ1v) is 3.29. The second-order valence-electron chi connectivity index (χ2n) is 2.60. The van der Waals surface area contributed by atoms with Crippen molar-refractivity contribution in [3.63, 3.8) is 0 Å². The van der Waals surface area contributed by atoms with Crippen molar-refractivity contribution in [2.45, 2.75) is 37.5 Å². The topological polar surface area (TPSA) is 64.3 Å². The molecule has 1 aliphatic rings. The molecule has 1 fully saturated rings. The lowest BCUT2D eigenvalue weighted by atomic mass is 9.91. The van der Waals surface area contributed by atoms with Crippen molar-refractivity contribution in [3.05, 3.63) is 0 Å². The monoisotopic (exact) mass is 130 g/mol. The zero-order chi connectivity index (χ0) is 6.85. The highest BCUT2D eigenvalue weighted by atomic mass is 16.3. The van der Waals surface area contributed by atoms with Gasteiger partial charge in [-0.25, -0.2) is 0 Å². The van der Waals surface area contributed by atoms with Crippen LogP contribution in [0.4, 0.5) is 0 Å². The fourth-order valence-electron chi connectivity index (χ4n) is 1.16. The molecule has 0 aromatic carbocycles. The van der Waals surface area contributed by atoms with Crippen molar-refractivity contribution in [1.29, 1.82) is 0 Å². The van der Waals surface area contributed by atoms with Gasteiger partial charge in [0, 0.05) is 6.04 Å². The highest BCUT2D eigenvalue weighted by Gasteiger charge is 2.27. The van der Waals surface area contributed by atoms with Gasteiger partial charge in [0.1, 0.15) is 0 Å². The van der Waals surface area contributed by atoms with E-state index in [-0.39, 0.29) is 0 Å². The van der Waals surface area contributed by atoms with E-state index in [0.717, 1.165) is 12.8 Å². The third-order valence-electron chi connectivity index (χ3n) is 1.82. The lowest BCUT2D eigenvalue weighted by Crippen LogP contribution is -2.41. The highest BCUT2D eigenvalue weighted by Crippen LogP contribution is 2.17. The van der Waals surface area contributed by atoms with Crippen LogP contribution in [-0.4, -0.2) is 28.5 Å². The summed E-state index contributed by atoms with van der Waals surface area (Å²) in [6.07, 6.45) is 0.779. The van der Waals surface area contributed by atoms with Crippen molar-refractivity contribution in [1.82, 2.24) is 5.73 Å². The van der Waals surface area contributed by atoms with E-state index in [1.165, 1.54) is 0 Å². The molecule has 0 heterocycles. The Labute approximate surface area is 54.5 Å². The Morgan fingerprint density at radius 2 is 1.89 bits per heavy atom. The summed E-state index contributed by atoms with van der Waals surface area (Å²) in [7, 11) is 0. The van der Waals surface area contributed by atoms with Crippen LogP contribution < -0.4 is 5.73 Å². The van der Waals surface area contributed by atoms with Gasteiger partial charge in [0.25, 0.3) is 0 Å². The van der Waals surface area contributed by atoms with Crippen molar-refractivity contribution in [2.24, 2.45) is 0 Å². The molecule has 0 amide bonds. The summed E-state index contributed by atoms with van der Waals surface area (Å²) < 4.78 is 0. The van der Waals surface area contributed by atoms with E-state index in [2.05, 4.69) is 0 Å². The smallest absolute Gasteiger partial charge is 0.0965 e. The van der Waals surface area contributed by atoms with Gasteiger partial charge in [0.2, 0.25) is 0 Å². The van der Waals surface area contributed by atoms with Crippen LogP contribution in [0.15, 0.2) is 0 Å². The lowest BCUT2D eigenvalue weighted by molar-refractivity contribution is -0.0222. The SMILES string of the molecule is [NH]C1CCCC(O)C1O. The molecule has 53 valence electrons. The minimum absolute atomic E-state index is 0.464. The summed E-state index contributed by atoms with van der Waals surface area (Å²) in [5.41, 5.74) is 7.20. The Morgan fingerprint density at radius 1 is 1.22 bits per heavy atom. The molecular formula is C6H12NO2. The van der Waals surface area contributed by atoms with Gasteiger partial charge in [0.05, 0.1) is 12.2 Å². The molecule has 3 N–H and O–H groups in total. The summed E-state index contributed by atoms with van der Waals surface area (Å²) >= 11 is 0.